The van der Waals surface area contributed by atoms with E-state index in [1.54, 1.807) is 0 Å². The molecule has 0 aromatic carbocycles. The molecule has 0 spiro atoms. The first kappa shape index (κ1) is 16.1. The predicted octanol–water partition coefficient (Wildman–Crippen LogP) is -1.02. The Morgan fingerprint density at radius 3 is 2.70 bits per heavy atom. The second-order valence-corrected chi connectivity index (χ2v) is 5.59. The van der Waals surface area contributed by atoms with Crippen LogP contribution in [0.4, 0.5) is 0 Å². The van der Waals surface area contributed by atoms with Gasteiger partial charge in [-0.1, -0.05) is 13.3 Å². The van der Waals surface area contributed by atoms with Crippen molar-refractivity contribution in [3.8, 4) is 0 Å². The van der Waals surface area contributed by atoms with Gasteiger partial charge >= 0.3 is 0 Å². The van der Waals surface area contributed by atoms with Crippen LogP contribution in [0.15, 0.2) is 0 Å². The van der Waals surface area contributed by atoms with E-state index in [9.17, 15) is 15.3 Å². The van der Waals surface area contributed by atoms with Crippen LogP contribution in [0, 0.1) is 0 Å². The van der Waals surface area contributed by atoms with Crippen LogP contribution in [0.2, 0.25) is 0 Å². The van der Waals surface area contributed by atoms with Crippen molar-refractivity contribution in [1.82, 2.24) is 5.06 Å². The van der Waals surface area contributed by atoms with Crippen molar-refractivity contribution in [2.75, 3.05) is 19.8 Å². The number of rotatable bonds is 5. The molecule has 7 heteroatoms. The van der Waals surface area contributed by atoms with Gasteiger partial charge in [0.05, 0.1) is 6.61 Å². The van der Waals surface area contributed by atoms with Crippen LogP contribution in [-0.4, -0.2) is 75.4 Å². The minimum Gasteiger partial charge on any atom is -0.394 e. The van der Waals surface area contributed by atoms with E-state index in [1.807, 2.05) is 5.06 Å². The quantitative estimate of drug-likeness (QED) is 0.514. The third kappa shape index (κ3) is 3.14. The molecule has 4 N–H and O–H groups in total. The van der Waals surface area contributed by atoms with Crippen molar-refractivity contribution in [3.63, 3.8) is 0 Å². The molecule has 7 nitrogen and oxygen atoms in total. The summed E-state index contributed by atoms with van der Waals surface area (Å²) >= 11 is 0. The molecule has 1 unspecified atom stereocenters. The standard InChI is InChI=1S/C13H25NO6/c1-2-9-5-3-4-6-14(9)19-8-13(18)12(17)11(16)10(7-15)20-13/h9-12,15-18H,2-8H2,1H3/t9?,10-,11+,12-,13+/m0/s1. The average Bonchev–Trinajstić information content (AvgIpc) is 2.70. The molecule has 2 rings (SSSR count). The van der Waals surface area contributed by atoms with Crippen molar-refractivity contribution in [3.05, 3.63) is 0 Å². The Kier molecular flexibility index (Phi) is 5.36. The summed E-state index contributed by atoms with van der Waals surface area (Å²) in [4.78, 5) is 5.59. The normalized spacial score (nSPS) is 43.0. The molecule has 2 saturated heterocycles. The zero-order chi connectivity index (χ0) is 14.8. The lowest BCUT2D eigenvalue weighted by molar-refractivity contribution is -0.306. The highest BCUT2D eigenvalue weighted by atomic mass is 16.7. The Morgan fingerprint density at radius 2 is 2.10 bits per heavy atom. The Bertz CT molecular complexity index is 317. The van der Waals surface area contributed by atoms with Crippen LogP contribution in [0.1, 0.15) is 32.6 Å². The molecule has 0 amide bonds. The predicted molar refractivity (Wildman–Crippen MR) is 69.5 cm³/mol. The molecule has 2 heterocycles. The minimum absolute atomic E-state index is 0.266. The number of piperidine rings is 1. The van der Waals surface area contributed by atoms with Gasteiger partial charge in [0.15, 0.2) is 0 Å². The van der Waals surface area contributed by atoms with Gasteiger partial charge in [0, 0.05) is 12.6 Å². The fraction of sp³-hybridized carbons (Fsp3) is 1.00. The number of hydrogen-bond donors (Lipinski definition) is 4. The SMILES string of the molecule is CCC1CCCCN1OC[C@@]1(O)O[C@@H](CO)[C@@H](O)[C@@H]1O. The van der Waals surface area contributed by atoms with E-state index >= 15 is 0 Å². The molecule has 2 fully saturated rings. The summed E-state index contributed by atoms with van der Waals surface area (Å²) < 4.78 is 5.14. The van der Waals surface area contributed by atoms with Crippen LogP contribution in [0.25, 0.3) is 0 Å². The van der Waals surface area contributed by atoms with E-state index in [2.05, 4.69) is 6.92 Å². The highest BCUT2D eigenvalue weighted by molar-refractivity contribution is 4.95. The van der Waals surface area contributed by atoms with E-state index in [0.29, 0.717) is 6.04 Å². The third-order valence-corrected chi connectivity index (χ3v) is 4.18. The number of ether oxygens (including phenoxy) is 1. The molecule has 2 aliphatic rings. The van der Waals surface area contributed by atoms with Crippen LogP contribution < -0.4 is 0 Å². The Labute approximate surface area is 118 Å². The topological polar surface area (TPSA) is 103 Å². The molecule has 2 aliphatic heterocycles. The van der Waals surface area contributed by atoms with E-state index in [0.717, 1.165) is 32.2 Å². The highest BCUT2D eigenvalue weighted by Gasteiger charge is 2.53. The van der Waals surface area contributed by atoms with Crippen LogP contribution in [0.5, 0.6) is 0 Å². The highest BCUT2D eigenvalue weighted by Crippen LogP contribution is 2.30. The number of aliphatic hydroxyl groups is 4. The minimum atomic E-state index is -1.98. The van der Waals surface area contributed by atoms with Gasteiger partial charge in [-0.25, -0.2) is 0 Å². The first-order chi connectivity index (χ1) is 9.51. The molecule has 0 aromatic heterocycles. The smallest absolute Gasteiger partial charge is 0.221 e. The summed E-state index contributed by atoms with van der Waals surface area (Å²) in [6.45, 7) is 2.12. The van der Waals surface area contributed by atoms with Crippen molar-refractivity contribution in [2.24, 2.45) is 0 Å². The van der Waals surface area contributed by atoms with Gasteiger partial charge in [-0.3, -0.25) is 4.84 Å². The van der Waals surface area contributed by atoms with E-state index in [1.165, 1.54) is 0 Å². The Morgan fingerprint density at radius 1 is 1.35 bits per heavy atom. The largest absolute Gasteiger partial charge is 0.394 e. The molecular formula is C13H25NO6. The maximum Gasteiger partial charge on any atom is 0.221 e. The fourth-order valence-corrected chi connectivity index (χ4v) is 2.86. The third-order valence-electron chi connectivity index (χ3n) is 4.18. The average molecular weight is 291 g/mol. The van der Waals surface area contributed by atoms with Crippen molar-refractivity contribution < 1.29 is 30.0 Å². The molecule has 118 valence electrons. The van der Waals surface area contributed by atoms with E-state index in [-0.39, 0.29) is 6.61 Å². The summed E-state index contributed by atoms with van der Waals surface area (Å²) in [7, 11) is 0. The number of hydroxylamine groups is 2. The number of nitrogens with zero attached hydrogens (tertiary/aromatic N) is 1. The Balaban J connectivity index is 1.92. The lowest BCUT2D eigenvalue weighted by atomic mass is 10.0. The van der Waals surface area contributed by atoms with E-state index in [4.69, 9.17) is 14.7 Å². The first-order valence-corrected chi connectivity index (χ1v) is 7.28. The van der Waals surface area contributed by atoms with Gasteiger partial charge in [-0.2, -0.15) is 5.06 Å². The van der Waals surface area contributed by atoms with Crippen molar-refractivity contribution >= 4 is 0 Å². The van der Waals surface area contributed by atoms with Gasteiger partial charge in [-0.05, 0) is 19.3 Å². The van der Waals surface area contributed by atoms with Gasteiger partial charge < -0.3 is 25.2 Å². The monoisotopic (exact) mass is 291 g/mol. The Hall–Kier alpha value is -0.280. The maximum absolute atomic E-state index is 10.2. The molecule has 0 aromatic rings. The van der Waals surface area contributed by atoms with Gasteiger partial charge in [-0.15, -0.1) is 0 Å². The summed E-state index contributed by atoms with van der Waals surface area (Å²) in [6, 6.07) is 0.296. The molecule has 5 atom stereocenters. The summed E-state index contributed by atoms with van der Waals surface area (Å²) in [5.41, 5.74) is 0. The van der Waals surface area contributed by atoms with Gasteiger partial charge in [0.25, 0.3) is 0 Å². The number of hydrogen-bond acceptors (Lipinski definition) is 7. The molecule has 0 bridgehead atoms. The molecule has 0 aliphatic carbocycles. The molecular weight excluding hydrogens is 266 g/mol. The summed E-state index contributed by atoms with van der Waals surface area (Å²) in [6.07, 6.45) is 0.362. The zero-order valence-electron chi connectivity index (χ0n) is 11.8. The second-order valence-electron chi connectivity index (χ2n) is 5.59. The maximum atomic E-state index is 10.2. The van der Waals surface area contributed by atoms with Crippen molar-refractivity contribution in [1.29, 1.82) is 0 Å². The van der Waals surface area contributed by atoms with Crippen LogP contribution in [-0.2, 0) is 9.57 Å². The summed E-state index contributed by atoms with van der Waals surface area (Å²) in [5.74, 6) is -1.98. The second kappa shape index (κ2) is 6.65. The van der Waals surface area contributed by atoms with Crippen molar-refractivity contribution in [2.45, 2.75) is 62.7 Å². The molecule has 0 saturated carbocycles. The van der Waals surface area contributed by atoms with Gasteiger partial charge in [0.2, 0.25) is 5.79 Å². The zero-order valence-corrected chi connectivity index (χ0v) is 11.8. The first-order valence-electron chi connectivity index (χ1n) is 7.28. The lowest BCUT2D eigenvalue weighted by Gasteiger charge is -2.36. The number of aliphatic hydroxyl groups excluding tert-OH is 3. The fourth-order valence-electron chi connectivity index (χ4n) is 2.86. The molecule has 20 heavy (non-hydrogen) atoms. The lowest BCUT2D eigenvalue weighted by Crippen LogP contribution is -2.50. The van der Waals surface area contributed by atoms with Crippen LogP contribution in [0.3, 0.4) is 0 Å². The van der Waals surface area contributed by atoms with Crippen LogP contribution >= 0.6 is 0 Å². The summed E-state index contributed by atoms with van der Waals surface area (Å²) in [5, 5.41) is 40.6. The molecule has 0 radical (unpaired) electrons. The van der Waals surface area contributed by atoms with Gasteiger partial charge in [0.1, 0.15) is 24.9 Å². The van der Waals surface area contributed by atoms with E-state index < -0.39 is 30.7 Å².